The van der Waals surface area contributed by atoms with Crippen LogP contribution in [0.25, 0.3) is 17.7 Å². The van der Waals surface area contributed by atoms with E-state index in [1.54, 1.807) is 6.07 Å². The van der Waals surface area contributed by atoms with Gasteiger partial charge in [0.25, 0.3) is 0 Å². The summed E-state index contributed by atoms with van der Waals surface area (Å²) < 4.78 is 17.1. The Morgan fingerprint density at radius 2 is 1.92 bits per heavy atom. The highest BCUT2D eigenvalue weighted by atomic mass is 16.5. The molecule has 0 amide bonds. The van der Waals surface area contributed by atoms with E-state index in [1.165, 1.54) is 13.2 Å². The molecule has 2 aliphatic heterocycles. The SMILES string of the molecule is COc1cc(C2=Cc3ccc4c(c3OC2)C=CC(C)(C)O4)c(O)cc1O. The number of hydrogen-bond acceptors (Lipinski definition) is 5. The van der Waals surface area contributed by atoms with Gasteiger partial charge in [-0.3, -0.25) is 0 Å². The standard InChI is InChI=1S/C21H20O5/c1-21(2)7-6-14-18(26-21)5-4-12-8-13(11-25-20(12)14)15-9-19(24-3)17(23)10-16(15)22/h4-10,22-23H,11H2,1-3H3. The molecule has 0 aliphatic carbocycles. The minimum Gasteiger partial charge on any atom is -0.507 e. The van der Waals surface area contributed by atoms with Crippen LogP contribution < -0.4 is 14.2 Å². The minimum absolute atomic E-state index is 0.0236. The minimum atomic E-state index is -0.342. The zero-order valence-electron chi connectivity index (χ0n) is 14.9. The molecule has 0 radical (unpaired) electrons. The highest BCUT2D eigenvalue weighted by Crippen LogP contribution is 2.44. The molecule has 5 nitrogen and oxygen atoms in total. The van der Waals surface area contributed by atoms with E-state index in [4.69, 9.17) is 14.2 Å². The van der Waals surface area contributed by atoms with E-state index in [0.29, 0.717) is 17.9 Å². The van der Waals surface area contributed by atoms with Crippen LogP contribution in [-0.4, -0.2) is 29.5 Å². The van der Waals surface area contributed by atoms with Crippen molar-refractivity contribution in [2.75, 3.05) is 13.7 Å². The average molecular weight is 352 g/mol. The van der Waals surface area contributed by atoms with Crippen LogP contribution in [0.2, 0.25) is 0 Å². The van der Waals surface area contributed by atoms with Crippen molar-refractivity contribution in [2.45, 2.75) is 19.4 Å². The molecule has 5 heteroatoms. The number of hydrogen-bond donors (Lipinski definition) is 2. The van der Waals surface area contributed by atoms with Gasteiger partial charge in [0.1, 0.15) is 29.5 Å². The summed E-state index contributed by atoms with van der Waals surface area (Å²) >= 11 is 0. The average Bonchev–Trinajstić information content (AvgIpc) is 2.60. The highest BCUT2D eigenvalue weighted by molar-refractivity contribution is 5.90. The Balaban J connectivity index is 1.78. The second kappa shape index (κ2) is 5.73. The maximum Gasteiger partial charge on any atom is 0.161 e. The Morgan fingerprint density at radius 3 is 2.69 bits per heavy atom. The third-order valence-corrected chi connectivity index (χ3v) is 4.56. The van der Waals surface area contributed by atoms with Crippen molar-refractivity contribution in [1.82, 2.24) is 0 Å². The molecule has 134 valence electrons. The molecule has 2 aromatic rings. The van der Waals surface area contributed by atoms with Gasteiger partial charge in [-0.05, 0) is 50.3 Å². The lowest BCUT2D eigenvalue weighted by Crippen LogP contribution is -2.27. The van der Waals surface area contributed by atoms with E-state index in [9.17, 15) is 10.2 Å². The molecule has 2 aliphatic rings. The molecule has 2 N–H and O–H groups in total. The fourth-order valence-electron chi connectivity index (χ4n) is 3.23. The van der Waals surface area contributed by atoms with E-state index in [1.807, 2.05) is 44.2 Å². The lowest BCUT2D eigenvalue weighted by molar-refractivity contribution is 0.158. The topological polar surface area (TPSA) is 68.2 Å². The van der Waals surface area contributed by atoms with Crippen molar-refractivity contribution in [3.63, 3.8) is 0 Å². The van der Waals surface area contributed by atoms with Gasteiger partial charge in [0.15, 0.2) is 11.5 Å². The van der Waals surface area contributed by atoms with E-state index < -0.39 is 0 Å². The summed E-state index contributed by atoms with van der Waals surface area (Å²) in [6, 6.07) is 6.75. The van der Waals surface area contributed by atoms with Crippen LogP contribution in [0.3, 0.4) is 0 Å². The molecule has 4 rings (SSSR count). The van der Waals surface area contributed by atoms with Gasteiger partial charge in [0, 0.05) is 22.8 Å². The number of methoxy groups -OCH3 is 1. The van der Waals surface area contributed by atoms with Crippen molar-refractivity contribution in [3.05, 3.63) is 47.0 Å². The first-order valence-corrected chi connectivity index (χ1v) is 8.37. The smallest absolute Gasteiger partial charge is 0.161 e. The van der Waals surface area contributed by atoms with Crippen LogP contribution >= 0.6 is 0 Å². The Bertz CT molecular complexity index is 953. The summed E-state index contributed by atoms with van der Waals surface area (Å²) in [5.74, 6) is 1.73. The predicted molar refractivity (Wildman–Crippen MR) is 99.9 cm³/mol. The van der Waals surface area contributed by atoms with Gasteiger partial charge in [-0.25, -0.2) is 0 Å². The third-order valence-electron chi connectivity index (χ3n) is 4.56. The molecule has 0 unspecified atom stereocenters. The molecule has 0 atom stereocenters. The van der Waals surface area contributed by atoms with Gasteiger partial charge in [0.05, 0.1) is 12.7 Å². The van der Waals surface area contributed by atoms with E-state index >= 15 is 0 Å². The fourth-order valence-corrected chi connectivity index (χ4v) is 3.23. The van der Waals surface area contributed by atoms with E-state index in [-0.39, 0.29) is 17.1 Å². The number of ether oxygens (including phenoxy) is 3. The van der Waals surface area contributed by atoms with Crippen molar-refractivity contribution in [3.8, 4) is 28.7 Å². The lowest BCUT2D eigenvalue weighted by Gasteiger charge is -2.30. The summed E-state index contributed by atoms with van der Waals surface area (Å²) in [6.07, 6.45) is 6.00. The molecule has 0 saturated heterocycles. The van der Waals surface area contributed by atoms with Crippen LogP contribution in [0.15, 0.2) is 30.3 Å². The number of benzene rings is 2. The molecule has 2 heterocycles. The molecular formula is C21H20O5. The second-order valence-electron chi connectivity index (χ2n) is 6.93. The summed E-state index contributed by atoms with van der Waals surface area (Å²) in [4.78, 5) is 0. The van der Waals surface area contributed by atoms with Gasteiger partial charge in [-0.1, -0.05) is 0 Å². The number of phenols is 2. The molecule has 26 heavy (non-hydrogen) atoms. The Labute approximate surface area is 151 Å². The number of fused-ring (bicyclic) bond motifs is 3. The predicted octanol–water partition coefficient (Wildman–Crippen LogP) is 4.22. The highest BCUT2D eigenvalue weighted by Gasteiger charge is 2.27. The third kappa shape index (κ3) is 2.65. The summed E-state index contributed by atoms with van der Waals surface area (Å²) in [6.45, 7) is 4.31. The summed E-state index contributed by atoms with van der Waals surface area (Å²) in [5.41, 5.74) is 2.85. The quantitative estimate of drug-likeness (QED) is 0.847. The second-order valence-corrected chi connectivity index (χ2v) is 6.93. The maximum absolute atomic E-state index is 10.2. The molecule has 0 bridgehead atoms. The summed E-state index contributed by atoms with van der Waals surface area (Å²) in [7, 11) is 1.47. The van der Waals surface area contributed by atoms with Gasteiger partial charge < -0.3 is 24.4 Å². The zero-order chi connectivity index (χ0) is 18.5. The van der Waals surface area contributed by atoms with Gasteiger partial charge in [-0.15, -0.1) is 0 Å². The van der Waals surface area contributed by atoms with Gasteiger partial charge >= 0.3 is 0 Å². The normalized spacial score (nSPS) is 16.7. The summed E-state index contributed by atoms with van der Waals surface area (Å²) in [5, 5.41) is 20.0. The van der Waals surface area contributed by atoms with Crippen LogP contribution in [0.4, 0.5) is 0 Å². The van der Waals surface area contributed by atoms with Gasteiger partial charge in [-0.2, -0.15) is 0 Å². The van der Waals surface area contributed by atoms with Crippen LogP contribution in [0.1, 0.15) is 30.5 Å². The molecule has 0 spiro atoms. The van der Waals surface area contributed by atoms with E-state index in [2.05, 4.69) is 0 Å². The Kier molecular flexibility index (Phi) is 3.61. The van der Waals surface area contributed by atoms with Crippen molar-refractivity contribution >= 4 is 17.7 Å². The monoisotopic (exact) mass is 352 g/mol. The molecular weight excluding hydrogens is 332 g/mol. The maximum atomic E-state index is 10.2. The van der Waals surface area contributed by atoms with Crippen molar-refractivity contribution in [1.29, 1.82) is 0 Å². The largest absolute Gasteiger partial charge is 0.507 e. The number of aromatic hydroxyl groups is 2. The Hall–Kier alpha value is -3.08. The first-order valence-electron chi connectivity index (χ1n) is 8.37. The van der Waals surface area contributed by atoms with Crippen molar-refractivity contribution < 1.29 is 24.4 Å². The van der Waals surface area contributed by atoms with Crippen LogP contribution in [-0.2, 0) is 0 Å². The first kappa shape index (κ1) is 16.4. The van der Waals surface area contributed by atoms with Crippen LogP contribution in [0.5, 0.6) is 28.7 Å². The zero-order valence-corrected chi connectivity index (χ0v) is 14.9. The number of rotatable bonds is 2. The fraction of sp³-hybridized carbons (Fsp3) is 0.238. The lowest BCUT2D eigenvalue weighted by atomic mass is 9.95. The number of phenolic OH excluding ortho intramolecular Hbond substituents is 2. The van der Waals surface area contributed by atoms with Crippen molar-refractivity contribution in [2.24, 2.45) is 0 Å². The molecule has 0 aromatic heterocycles. The van der Waals surface area contributed by atoms with E-state index in [0.717, 1.165) is 28.2 Å². The molecule has 0 saturated carbocycles. The molecule has 0 fully saturated rings. The first-order chi connectivity index (χ1) is 12.4. The van der Waals surface area contributed by atoms with Gasteiger partial charge in [0.2, 0.25) is 0 Å². The molecule has 2 aromatic carbocycles. The Morgan fingerprint density at radius 1 is 1.12 bits per heavy atom. The van der Waals surface area contributed by atoms with Crippen LogP contribution in [0, 0.1) is 0 Å².